The highest BCUT2D eigenvalue weighted by Crippen LogP contribution is 2.43. The highest BCUT2D eigenvalue weighted by molar-refractivity contribution is 7.09. The van der Waals surface area contributed by atoms with Crippen LogP contribution < -0.4 is 10.6 Å². The van der Waals surface area contributed by atoms with Gasteiger partial charge in [-0.15, -0.1) is 17.1 Å². The van der Waals surface area contributed by atoms with Gasteiger partial charge >= 0.3 is 0 Å². The Hall–Kier alpha value is -2.84. The van der Waals surface area contributed by atoms with E-state index in [2.05, 4.69) is 36.8 Å². The molecule has 5 unspecified atom stereocenters. The van der Waals surface area contributed by atoms with Crippen molar-refractivity contribution in [2.75, 3.05) is 46.6 Å². The largest absolute Gasteiger partial charge is 0.381 e. The quantitative estimate of drug-likeness (QED) is 0.147. The van der Waals surface area contributed by atoms with E-state index in [-0.39, 0.29) is 35.1 Å². The number of piperidine rings is 1. The summed E-state index contributed by atoms with van der Waals surface area (Å²) in [6, 6.07) is -0.127. The molecule has 2 N–H and O–H groups in total. The number of halogens is 1. The summed E-state index contributed by atoms with van der Waals surface area (Å²) in [7, 11) is 1.93. The predicted molar refractivity (Wildman–Crippen MR) is 189 cm³/mol. The van der Waals surface area contributed by atoms with Gasteiger partial charge in [0.2, 0.25) is 12.3 Å². The van der Waals surface area contributed by atoms with Gasteiger partial charge < -0.3 is 20.3 Å². The molecule has 0 radical (unpaired) electrons. The van der Waals surface area contributed by atoms with Gasteiger partial charge in [0.15, 0.2) is 0 Å². The minimum atomic E-state index is -0.483. The second-order valence-electron chi connectivity index (χ2n) is 12.1. The average molecular weight is 657 g/mol. The third kappa shape index (κ3) is 10.9. The molecule has 2 aliphatic heterocycles. The highest BCUT2D eigenvalue weighted by atomic mass is 32.1. The van der Waals surface area contributed by atoms with Gasteiger partial charge in [0, 0.05) is 43.5 Å². The third-order valence-electron chi connectivity index (χ3n) is 9.02. The van der Waals surface area contributed by atoms with E-state index in [9.17, 15) is 14.0 Å². The number of likely N-dealkylation sites (tertiary alicyclic amines) is 1. The summed E-state index contributed by atoms with van der Waals surface area (Å²) >= 11 is 1.55. The van der Waals surface area contributed by atoms with Crippen LogP contribution in [0.3, 0.4) is 0 Å². The first kappa shape index (κ1) is 39.3. The average Bonchev–Trinajstić information content (AvgIpc) is 3.36. The lowest BCUT2D eigenvalue weighted by Gasteiger charge is -2.42. The number of rotatable bonds is 11. The number of hydrogen-bond donors (Lipinski definition) is 2. The molecule has 5 atom stereocenters. The van der Waals surface area contributed by atoms with Crippen LogP contribution in [0.25, 0.3) is 5.57 Å². The van der Waals surface area contributed by atoms with Gasteiger partial charge in [-0.1, -0.05) is 58.6 Å². The van der Waals surface area contributed by atoms with Crippen LogP contribution in [0.1, 0.15) is 89.9 Å². The molecule has 4 rings (SSSR count). The van der Waals surface area contributed by atoms with Gasteiger partial charge in [-0.05, 0) is 81.7 Å². The minimum absolute atomic E-state index is 0.0806. The fraction of sp³-hybridized carbons (Fsp3) is 0.622. The number of aromatic nitrogens is 1. The van der Waals surface area contributed by atoms with Gasteiger partial charge in [-0.25, -0.2) is 4.98 Å². The van der Waals surface area contributed by atoms with E-state index in [0.717, 1.165) is 66.9 Å². The maximum atomic E-state index is 14.3. The molecule has 1 aromatic rings. The van der Waals surface area contributed by atoms with Crippen LogP contribution in [0.5, 0.6) is 0 Å². The lowest BCUT2D eigenvalue weighted by Crippen LogP contribution is -2.50. The Balaban J connectivity index is 0.00000114. The number of amides is 2. The van der Waals surface area contributed by atoms with Crippen molar-refractivity contribution in [1.29, 1.82) is 0 Å². The minimum Gasteiger partial charge on any atom is -0.381 e. The molecule has 0 aromatic carbocycles. The van der Waals surface area contributed by atoms with Crippen molar-refractivity contribution in [2.24, 2.45) is 23.2 Å². The monoisotopic (exact) mass is 656 g/mol. The second kappa shape index (κ2) is 21.1. The number of allylic oxidation sites excluding steroid dienone is 6. The van der Waals surface area contributed by atoms with Crippen LogP contribution in [0, 0.1) is 23.2 Å². The molecular formula is C37H57FN4O3S. The van der Waals surface area contributed by atoms with Crippen molar-refractivity contribution < 1.29 is 18.7 Å². The Morgan fingerprint density at radius 2 is 2.07 bits per heavy atom. The first-order valence-corrected chi connectivity index (χ1v) is 17.9. The molecular weight excluding hydrogens is 599 g/mol. The van der Waals surface area contributed by atoms with Gasteiger partial charge in [0.25, 0.3) is 0 Å². The normalized spacial score (nSPS) is 25.4. The molecule has 2 fully saturated rings. The summed E-state index contributed by atoms with van der Waals surface area (Å²) in [6.45, 7) is 17.0. The van der Waals surface area contributed by atoms with E-state index in [1.165, 1.54) is 0 Å². The van der Waals surface area contributed by atoms with Crippen molar-refractivity contribution in [1.82, 2.24) is 20.5 Å². The fourth-order valence-electron chi connectivity index (χ4n) is 6.22. The zero-order valence-electron chi connectivity index (χ0n) is 28.9. The third-order valence-corrected chi connectivity index (χ3v) is 9.97. The number of ether oxygens (including phenoxy) is 1. The fourth-order valence-corrected chi connectivity index (χ4v) is 7.20. The van der Waals surface area contributed by atoms with Crippen LogP contribution in [0.4, 0.5) is 4.39 Å². The topological polar surface area (TPSA) is 83.6 Å². The van der Waals surface area contributed by atoms with Crippen LogP contribution in [-0.2, 0) is 14.3 Å². The Kier molecular flexibility index (Phi) is 18.1. The number of carbonyl (C=O) groups excluding carboxylic acids is 2. The molecule has 0 saturated carbocycles. The molecule has 256 valence electrons. The van der Waals surface area contributed by atoms with Crippen molar-refractivity contribution >= 4 is 29.2 Å². The van der Waals surface area contributed by atoms with Gasteiger partial charge in [0.1, 0.15) is 5.01 Å². The number of nitrogens with one attached hydrogen (secondary N) is 2. The van der Waals surface area contributed by atoms with Crippen molar-refractivity contribution in [3.05, 3.63) is 64.3 Å². The Labute approximate surface area is 281 Å². The maximum absolute atomic E-state index is 14.3. The SMILES string of the molecule is C=C/C=C(/c1csc(C2CCCCN2C(=O)C(CNC=O)C2(C)CCCOCC2)n1)C1C=C=C(C)C=CC1CF.CC.CCNC. The van der Waals surface area contributed by atoms with Crippen molar-refractivity contribution in [3.63, 3.8) is 0 Å². The molecule has 3 heterocycles. The molecule has 3 aliphatic rings. The smallest absolute Gasteiger partial charge is 0.228 e. The molecule has 46 heavy (non-hydrogen) atoms. The lowest BCUT2D eigenvalue weighted by molar-refractivity contribution is -0.144. The van der Waals surface area contributed by atoms with Crippen molar-refractivity contribution in [2.45, 2.75) is 79.2 Å². The van der Waals surface area contributed by atoms with Crippen LogP contribution in [0.15, 0.2) is 53.6 Å². The molecule has 2 saturated heterocycles. The van der Waals surface area contributed by atoms with E-state index in [1.54, 1.807) is 17.4 Å². The second-order valence-corrected chi connectivity index (χ2v) is 13.0. The number of hydrogen-bond acceptors (Lipinski definition) is 6. The van der Waals surface area contributed by atoms with Gasteiger partial charge in [-0.3, -0.25) is 14.0 Å². The molecule has 0 spiro atoms. The lowest BCUT2D eigenvalue weighted by atomic mass is 9.70. The van der Waals surface area contributed by atoms with Crippen molar-refractivity contribution in [3.8, 4) is 0 Å². The van der Waals surface area contributed by atoms with Crippen LogP contribution >= 0.6 is 11.3 Å². The summed E-state index contributed by atoms with van der Waals surface area (Å²) in [5.74, 6) is -0.785. The molecule has 0 bridgehead atoms. The van der Waals surface area contributed by atoms with E-state index >= 15 is 0 Å². The zero-order chi connectivity index (χ0) is 34.0. The standard InChI is InChI=1S/C32H42FN3O3S.C3H9N.C2H6/c1-4-8-26(25-13-11-23(2)10-12-24(25)19-33)28-21-40-30(35-28)29-9-5-6-16-36(29)31(38)27(20-34-22-37)32(3)14-7-17-39-18-15-32;1-3-4-2;1-2/h4,8,10,12-13,21-22,24-25,27,29H,1,5-7,9,14-20H2,2-3H3,(H,34,37);4H,3H2,1-2H3;1-2H3/b26-8+;;. The van der Waals surface area contributed by atoms with E-state index in [1.807, 2.05) is 62.4 Å². The van der Waals surface area contributed by atoms with E-state index < -0.39 is 6.67 Å². The highest BCUT2D eigenvalue weighted by Gasteiger charge is 2.43. The first-order chi connectivity index (χ1) is 22.3. The zero-order valence-corrected chi connectivity index (χ0v) is 29.8. The van der Waals surface area contributed by atoms with E-state index in [4.69, 9.17) is 9.72 Å². The Bertz CT molecular complexity index is 1210. The molecule has 1 aliphatic carbocycles. The number of carbonyl (C=O) groups is 2. The molecule has 9 heteroatoms. The first-order valence-electron chi connectivity index (χ1n) is 17.0. The van der Waals surface area contributed by atoms with E-state index in [0.29, 0.717) is 32.7 Å². The Morgan fingerprint density at radius 1 is 1.30 bits per heavy atom. The number of nitrogens with zero attached hydrogens (tertiary/aromatic N) is 2. The summed E-state index contributed by atoms with van der Waals surface area (Å²) in [5.41, 5.74) is 5.67. The van der Waals surface area contributed by atoms with Crippen LogP contribution in [0.2, 0.25) is 0 Å². The predicted octanol–water partition coefficient (Wildman–Crippen LogP) is 7.46. The number of alkyl halides is 1. The molecule has 1 aromatic heterocycles. The summed E-state index contributed by atoms with van der Waals surface area (Å²) in [5, 5.41) is 8.65. The summed E-state index contributed by atoms with van der Waals surface area (Å²) < 4.78 is 19.8. The maximum Gasteiger partial charge on any atom is 0.228 e. The Morgan fingerprint density at radius 3 is 2.74 bits per heavy atom. The number of thiazole rings is 1. The van der Waals surface area contributed by atoms with Gasteiger partial charge in [0.05, 0.1) is 24.3 Å². The summed E-state index contributed by atoms with van der Waals surface area (Å²) in [4.78, 5) is 32.6. The van der Waals surface area contributed by atoms with Crippen LogP contribution in [-0.4, -0.2) is 68.8 Å². The molecule has 2 amide bonds. The van der Waals surface area contributed by atoms with Gasteiger partial charge in [-0.2, -0.15) is 0 Å². The molecule has 7 nitrogen and oxygen atoms in total. The summed E-state index contributed by atoms with van der Waals surface area (Å²) in [6.07, 6.45) is 15.5.